The van der Waals surface area contributed by atoms with E-state index in [9.17, 15) is 14.7 Å². The van der Waals surface area contributed by atoms with Crippen LogP contribution in [0.1, 0.15) is 42.4 Å². The second-order valence-corrected chi connectivity index (χ2v) is 7.63. The molecular weight excluding hydrogens is 370 g/mol. The molecular formula is C22H23N3O4. The summed E-state index contributed by atoms with van der Waals surface area (Å²) in [6.45, 7) is 5.89. The maximum atomic E-state index is 12.8. The molecule has 0 spiro atoms. The Bertz CT molecular complexity index is 1030. The smallest absolute Gasteiger partial charge is 0.410 e. The van der Waals surface area contributed by atoms with Crippen LogP contribution in [0, 0.1) is 0 Å². The van der Waals surface area contributed by atoms with Crippen molar-refractivity contribution in [3.05, 3.63) is 71.7 Å². The Morgan fingerprint density at radius 1 is 1.00 bits per heavy atom. The predicted octanol–water partition coefficient (Wildman–Crippen LogP) is 4.27. The Morgan fingerprint density at radius 2 is 1.76 bits per heavy atom. The van der Waals surface area contributed by atoms with E-state index in [1.165, 1.54) is 11.0 Å². The van der Waals surface area contributed by atoms with Gasteiger partial charge in [0.2, 0.25) is 0 Å². The van der Waals surface area contributed by atoms with Gasteiger partial charge in [-0.05, 0) is 50.6 Å². The molecule has 0 radical (unpaired) electrons. The Kier molecular flexibility index (Phi) is 5.77. The molecule has 150 valence electrons. The number of nitrogens with zero attached hydrogens (tertiary/aromatic N) is 3. The first-order chi connectivity index (χ1) is 13.7. The third-order valence-corrected chi connectivity index (χ3v) is 4.18. The molecule has 3 aromatic rings. The van der Waals surface area contributed by atoms with Crippen LogP contribution in [0.3, 0.4) is 0 Å². The Morgan fingerprint density at radius 3 is 2.41 bits per heavy atom. The summed E-state index contributed by atoms with van der Waals surface area (Å²) in [5.74, 6) is -1.02. The lowest BCUT2D eigenvalue weighted by molar-refractivity contribution is 0.0214. The minimum atomic E-state index is -1.02. The van der Waals surface area contributed by atoms with Crippen LogP contribution < -0.4 is 0 Å². The molecule has 29 heavy (non-hydrogen) atoms. The zero-order chi connectivity index (χ0) is 21.0. The molecule has 0 fully saturated rings. The van der Waals surface area contributed by atoms with Crippen molar-refractivity contribution in [1.29, 1.82) is 0 Å². The predicted molar refractivity (Wildman–Crippen MR) is 108 cm³/mol. The summed E-state index contributed by atoms with van der Waals surface area (Å²) >= 11 is 0. The third kappa shape index (κ3) is 5.07. The number of aromatic nitrogens is 2. The monoisotopic (exact) mass is 393 g/mol. The number of carboxylic acid groups (broad SMARTS) is 1. The molecule has 1 aromatic carbocycles. The van der Waals surface area contributed by atoms with Crippen LogP contribution in [-0.2, 0) is 17.8 Å². The van der Waals surface area contributed by atoms with E-state index in [1.807, 2.05) is 39.0 Å². The molecule has 2 heterocycles. The summed E-state index contributed by atoms with van der Waals surface area (Å²) in [7, 11) is 0. The molecule has 0 bridgehead atoms. The third-order valence-electron chi connectivity index (χ3n) is 4.18. The molecule has 0 aliphatic heterocycles. The highest BCUT2D eigenvalue weighted by Gasteiger charge is 2.24. The maximum absolute atomic E-state index is 12.8. The average molecular weight is 393 g/mol. The number of rotatable bonds is 5. The second kappa shape index (κ2) is 8.26. The van der Waals surface area contributed by atoms with Gasteiger partial charge >= 0.3 is 12.1 Å². The number of hydrogen-bond acceptors (Lipinski definition) is 5. The van der Waals surface area contributed by atoms with Crippen LogP contribution in [0.2, 0.25) is 0 Å². The van der Waals surface area contributed by atoms with Gasteiger partial charge in [0.15, 0.2) is 0 Å². The molecule has 0 aliphatic carbocycles. The molecule has 2 aromatic heterocycles. The highest BCUT2D eigenvalue weighted by atomic mass is 16.6. The lowest BCUT2D eigenvalue weighted by Gasteiger charge is -2.27. The average Bonchev–Trinajstić information content (AvgIpc) is 2.67. The Labute approximate surface area is 169 Å². The summed E-state index contributed by atoms with van der Waals surface area (Å²) < 4.78 is 5.56. The summed E-state index contributed by atoms with van der Waals surface area (Å²) in [4.78, 5) is 34.6. The second-order valence-electron chi connectivity index (χ2n) is 7.63. The topological polar surface area (TPSA) is 92.6 Å². The first kappa shape index (κ1) is 20.3. The number of ether oxygens (including phenoxy) is 1. The SMILES string of the molecule is CC(C)(C)OC(=O)N(Cc1ccccn1)Cc1ccc(C(=O)O)c2cccnc12. The first-order valence-electron chi connectivity index (χ1n) is 9.22. The van der Waals surface area contributed by atoms with E-state index in [2.05, 4.69) is 9.97 Å². The number of carbonyl (C=O) groups is 2. The van der Waals surface area contributed by atoms with Crippen LogP contribution in [0.5, 0.6) is 0 Å². The van der Waals surface area contributed by atoms with E-state index < -0.39 is 17.7 Å². The van der Waals surface area contributed by atoms with Crippen LogP contribution in [0.25, 0.3) is 10.9 Å². The lowest BCUT2D eigenvalue weighted by atomic mass is 10.0. The number of carbonyl (C=O) groups excluding carboxylic acids is 1. The number of fused-ring (bicyclic) bond motifs is 1. The lowest BCUT2D eigenvalue weighted by Crippen LogP contribution is -2.36. The van der Waals surface area contributed by atoms with Gasteiger partial charge in [-0.2, -0.15) is 0 Å². The van der Waals surface area contributed by atoms with Crippen molar-refractivity contribution in [2.75, 3.05) is 0 Å². The minimum Gasteiger partial charge on any atom is -0.478 e. The number of amides is 1. The summed E-state index contributed by atoms with van der Waals surface area (Å²) in [5.41, 5.74) is 1.52. The van der Waals surface area contributed by atoms with Crippen LogP contribution in [-0.4, -0.2) is 37.6 Å². The van der Waals surface area contributed by atoms with Crippen LogP contribution in [0.15, 0.2) is 54.9 Å². The quantitative estimate of drug-likeness (QED) is 0.696. The van der Waals surface area contributed by atoms with Crippen molar-refractivity contribution < 1.29 is 19.4 Å². The van der Waals surface area contributed by atoms with E-state index >= 15 is 0 Å². The van der Waals surface area contributed by atoms with Gasteiger partial charge in [0.25, 0.3) is 0 Å². The van der Waals surface area contributed by atoms with E-state index in [0.717, 1.165) is 11.3 Å². The highest BCUT2D eigenvalue weighted by molar-refractivity contribution is 6.03. The number of benzene rings is 1. The number of carboxylic acids is 1. The van der Waals surface area contributed by atoms with Gasteiger partial charge in [-0.25, -0.2) is 9.59 Å². The molecule has 1 amide bonds. The van der Waals surface area contributed by atoms with Crippen molar-refractivity contribution in [3.63, 3.8) is 0 Å². The number of pyridine rings is 2. The molecule has 7 nitrogen and oxygen atoms in total. The zero-order valence-electron chi connectivity index (χ0n) is 16.6. The van der Waals surface area contributed by atoms with Gasteiger partial charge in [-0.1, -0.05) is 18.2 Å². The molecule has 0 aliphatic rings. The van der Waals surface area contributed by atoms with Gasteiger partial charge in [-0.3, -0.25) is 14.9 Å². The first-order valence-corrected chi connectivity index (χ1v) is 9.22. The van der Waals surface area contributed by atoms with Gasteiger partial charge in [0, 0.05) is 17.8 Å². The van der Waals surface area contributed by atoms with Crippen molar-refractivity contribution in [2.24, 2.45) is 0 Å². The minimum absolute atomic E-state index is 0.172. The normalized spacial score (nSPS) is 11.3. The molecule has 0 saturated carbocycles. The van der Waals surface area contributed by atoms with Crippen molar-refractivity contribution in [2.45, 2.75) is 39.5 Å². The van der Waals surface area contributed by atoms with E-state index in [-0.39, 0.29) is 18.7 Å². The Balaban J connectivity index is 1.98. The fourth-order valence-corrected chi connectivity index (χ4v) is 2.95. The fraction of sp³-hybridized carbons (Fsp3) is 0.273. The standard InChI is InChI=1S/C22H23N3O4/c1-22(2,3)29-21(28)25(14-16-7-4-5-11-23-16)13-15-9-10-18(20(26)27)17-8-6-12-24-19(15)17/h4-12H,13-14H2,1-3H3,(H,26,27). The molecule has 0 saturated heterocycles. The van der Waals surface area contributed by atoms with Crippen LogP contribution >= 0.6 is 0 Å². The van der Waals surface area contributed by atoms with Gasteiger partial charge in [0.1, 0.15) is 5.60 Å². The molecule has 3 rings (SSSR count). The van der Waals surface area contributed by atoms with Crippen LogP contribution in [0.4, 0.5) is 4.79 Å². The summed E-state index contributed by atoms with van der Waals surface area (Å²) in [6, 6.07) is 12.1. The van der Waals surface area contributed by atoms with E-state index in [1.54, 1.807) is 30.6 Å². The zero-order valence-corrected chi connectivity index (χ0v) is 16.6. The molecule has 0 unspecified atom stereocenters. The summed E-state index contributed by atoms with van der Waals surface area (Å²) in [5, 5.41) is 9.97. The molecule has 1 N–H and O–H groups in total. The number of hydrogen-bond donors (Lipinski definition) is 1. The maximum Gasteiger partial charge on any atom is 0.410 e. The van der Waals surface area contributed by atoms with Gasteiger partial charge < -0.3 is 9.84 Å². The molecule has 7 heteroatoms. The van der Waals surface area contributed by atoms with E-state index in [0.29, 0.717) is 10.9 Å². The number of aromatic carboxylic acids is 1. The van der Waals surface area contributed by atoms with Gasteiger partial charge in [-0.15, -0.1) is 0 Å². The molecule has 0 atom stereocenters. The van der Waals surface area contributed by atoms with E-state index in [4.69, 9.17) is 4.74 Å². The van der Waals surface area contributed by atoms with Gasteiger partial charge in [0.05, 0.1) is 29.9 Å². The van der Waals surface area contributed by atoms with Crippen molar-refractivity contribution in [3.8, 4) is 0 Å². The largest absolute Gasteiger partial charge is 0.478 e. The summed E-state index contributed by atoms with van der Waals surface area (Å²) in [6.07, 6.45) is 2.80. The Hall–Kier alpha value is -3.48. The fourth-order valence-electron chi connectivity index (χ4n) is 2.95. The van der Waals surface area contributed by atoms with Crippen molar-refractivity contribution >= 4 is 23.0 Å². The van der Waals surface area contributed by atoms with Crippen molar-refractivity contribution in [1.82, 2.24) is 14.9 Å². The highest BCUT2D eigenvalue weighted by Crippen LogP contribution is 2.24.